The molecule has 0 aliphatic carbocycles. The molecule has 0 radical (unpaired) electrons. The van der Waals surface area contributed by atoms with Gasteiger partial charge < -0.3 is 10.3 Å². The molecular weight excluding hydrogens is 248 g/mol. The molecule has 4 nitrogen and oxygen atoms in total. The van der Waals surface area contributed by atoms with Gasteiger partial charge in [0.15, 0.2) is 0 Å². The first-order chi connectivity index (χ1) is 9.78. The predicted molar refractivity (Wildman–Crippen MR) is 82.9 cm³/mol. The summed E-state index contributed by atoms with van der Waals surface area (Å²) in [7, 11) is 0. The summed E-state index contributed by atoms with van der Waals surface area (Å²) < 4.78 is 0. The summed E-state index contributed by atoms with van der Waals surface area (Å²) in [6.45, 7) is 8.98. The van der Waals surface area contributed by atoms with Crippen molar-refractivity contribution in [3.8, 4) is 0 Å². The number of aromatic amines is 1. The van der Waals surface area contributed by atoms with Gasteiger partial charge in [0.1, 0.15) is 5.82 Å². The second-order valence-corrected chi connectivity index (χ2v) is 5.63. The summed E-state index contributed by atoms with van der Waals surface area (Å²) in [5.74, 6) is 1.07. The van der Waals surface area contributed by atoms with Crippen LogP contribution in [0.15, 0.2) is 18.2 Å². The Morgan fingerprint density at radius 1 is 1.30 bits per heavy atom. The lowest BCUT2D eigenvalue weighted by molar-refractivity contribution is 0.225. The van der Waals surface area contributed by atoms with Gasteiger partial charge in [0.2, 0.25) is 0 Å². The number of hydrogen-bond acceptors (Lipinski definition) is 3. The van der Waals surface area contributed by atoms with Crippen LogP contribution in [0.2, 0.25) is 0 Å². The predicted octanol–water partition coefficient (Wildman–Crippen LogP) is 2.48. The summed E-state index contributed by atoms with van der Waals surface area (Å²) in [4.78, 5) is 10.6. The number of imidazole rings is 1. The molecule has 1 aliphatic heterocycles. The Bertz CT molecular complexity index is 567. The average Bonchev–Trinajstić information content (AvgIpc) is 2.70. The molecule has 4 heteroatoms. The first-order valence-corrected chi connectivity index (χ1v) is 7.71. The van der Waals surface area contributed by atoms with Crippen LogP contribution in [0.25, 0.3) is 11.0 Å². The Labute approximate surface area is 120 Å². The first kappa shape index (κ1) is 13.6. The zero-order chi connectivity index (χ0) is 13.9. The Morgan fingerprint density at radius 2 is 2.20 bits per heavy atom. The Kier molecular flexibility index (Phi) is 4.03. The van der Waals surface area contributed by atoms with Crippen LogP contribution in [0.1, 0.15) is 37.7 Å². The van der Waals surface area contributed by atoms with E-state index in [2.05, 4.69) is 52.2 Å². The molecule has 1 aromatic heterocycles. The third-order valence-corrected chi connectivity index (χ3v) is 4.29. The van der Waals surface area contributed by atoms with Gasteiger partial charge in [0.25, 0.3) is 0 Å². The minimum atomic E-state index is 0.465. The van der Waals surface area contributed by atoms with Gasteiger partial charge in [-0.15, -0.1) is 0 Å². The SMILES string of the molecule is CCc1nc2ccc(C(C)N3CCCNCC3)cc2[nH]1. The quantitative estimate of drug-likeness (QED) is 0.902. The maximum atomic E-state index is 4.58. The monoisotopic (exact) mass is 272 g/mol. The van der Waals surface area contributed by atoms with E-state index in [-0.39, 0.29) is 0 Å². The number of aromatic nitrogens is 2. The Balaban J connectivity index is 1.84. The molecule has 0 amide bonds. The van der Waals surface area contributed by atoms with Gasteiger partial charge in [-0.3, -0.25) is 4.90 Å². The zero-order valence-corrected chi connectivity index (χ0v) is 12.4. The van der Waals surface area contributed by atoms with Crippen molar-refractivity contribution in [1.82, 2.24) is 20.2 Å². The van der Waals surface area contributed by atoms with Crippen LogP contribution in [0.5, 0.6) is 0 Å². The molecule has 1 unspecified atom stereocenters. The molecule has 108 valence electrons. The molecule has 2 aromatic rings. The fourth-order valence-corrected chi connectivity index (χ4v) is 2.97. The number of H-pyrrole nitrogens is 1. The first-order valence-electron chi connectivity index (χ1n) is 7.71. The highest BCUT2D eigenvalue weighted by Gasteiger charge is 2.17. The molecule has 3 rings (SSSR count). The average molecular weight is 272 g/mol. The van der Waals surface area contributed by atoms with Crippen molar-refractivity contribution in [1.29, 1.82) is 0 Å². The van der Waals surface area contributed by atoms with Crippen molar-refractivity contribution in [2.45, 2.75) is 32.7 Å². The highest BCUT2D eigenvalue weighted by Crippen LogP contribution is 2.24. The minimum absolute atomic E-state index is 0.465. The molecule has 2 heterocycles. The van der Waals surface area contributed by atoms with Crippen molar-refractivity contribution in [3.05, 3.63) is 29.6 Å². The highest BCUT2D eigenvalue weighted by atomic mass is 15.2. The highest BCUT2D eigenvalue weighted by molar-refractivity contribution is 5.76. The molecule has 1 saturated heterocycles. The second-order valence-electron chi connectivity index (χ2n) is 5.63. The summed E-state index contributed by atoms with van der Waals surface area (Å²) in [5, 5.41) is 3.47. The standard InChI is InChI=1S/C16H24N4/c1-3-16-18-14-6-5-13(11-15(14)19-16)12(2)20-9-4-7-17-8-10-20/h5-6,11-12,17H,3-4,7-10H2,1-2H3,(H,18,19). The second kappa shape index (κ2) is 5.94. The van der Waals surface area contributed by atoms with Crippen molar-refractivity contribution < 1.29 is 0 Å². The van der Waals surface area contributed by atoms with Gasteiger partial charge in [-0.25, -0.2) is 4.98 Å². The van der Waals surface area contributed by atoms with Crippen molar-refractivity contribution in [2.75, 3.05) is 26.2 Å². The van der Waals surface area contributed by atoms with E-state index in [9.17, 15) is 0 Å². The number of nitrogens with one attached hydrogen (secondary N) is 2. The molecule has 0 spiro atoms. The molecule has 1 fully saturated rings. The number of aryl methyl sites for hydroxylation is 1. The number of rotatable bonds is 3. The van der Waals surface area contributed by atoms with E-state index < -0.39 is 0 Å². The van der Waals surface area contributed by atoms with Gasteiger partial charge >= 0.3 is 0 Å². The molecule has 1 atom stereocenters. The van der Waals surface area contributed by atoms with E-state index in [0.717, 1.165) is 37.4 Å². The van der Waals surface area contributed by atoms with E-state index in [1.54, 1.807) is 0 Å². The summed E-state index contributed by atoms with van der Waals surface area (Å²) in [6, 6.07) is 7.11. The van der Waals surface area contributed by atoms with Crippen LogP contribution in [0.4, 0.5) is 0 Å². The van der Waals surface area contributed by atoms with Gasteiger partial charge in [-0.05, 0) is 44.1 Å². The number of fused-ring (bicyclic) bond motifs is 1. The number of benzene rings is 1. The summed E-state index contributed by atoms with van der Waals surface area (Å²) in [5.41, 5.74) is 3.63. The van der Waals surface area contributed by atoms with Crippen LogP contribution >= 0.6 is 0 Å². The van der Waals surface area contributed by atoms with Crippen LogP contribution < -0.4 is 5.32 Å². The van der Waals surface area contributed by atoms with Crippen LogP contribution in [-0.4, -0.2) is 41.0 Å². The van der Waals surface area contributed by atoms with Crippen LogP contribution in [0, 0.1) is 0 Å². The smallest absolute Gasteiger partial charge is 0.106 e. The lowest BCUT2D eigenvalue weighted by Gasteiger charge is -2.27. The molecule has 20 heavy (non-hydrogen) atoms. The Hall–Kier alpha value is -1.39. The lowest BCUT2D eigenvalue weighted by atomic mass is 10.1. The molecule has 2 N–H and O–H groups in total. The maximum Gasteiger partial charge on any atom is 0.106 e. The topological polar surface area (TPSA) is 44.0 Å². The molecule has 1 aromatic carbocycles. The fourth-order valence-electron chi connectivity index (χ4n) is 2.97. The van der Waals surface area contributed by atoms with Crippen LogP contribution in [-0.2, 0) is 6.42 Å². The number of nitrogens with zero attached hydrogens (tertiary/aromatic N) is 2. The van der Waals surface area contributed by atoms with Gasteiger partial charge in [-0.2, -0.15) is 0 Å². The van der Waals surface area contributed by atoms with Crippen molar-refractivity contribution in [3.63, 3.8) is 0 Å². The molecule has 1 aliphatic rings. The third kappa shape index (κ3) is 2.72. The van der Waals surface area contributed by atoms with E-state index in [1.165, 1.54) is 24.0 Å². The molecular formula is C16H24N4. The lowest BCUT2D eigenvalue weighted by Crippen LogP contribution is -2.30. The zero-order valence-electron chi connectivity index (χ0n) is 12.4. The van der Waals surface area contributed by atoms with Gasteiger partial charge in [0.05, 0.1) is 11.0 Å². The third-order valence-electron chi connectivity index (χ3n) is 4.29. The summed E-state index contributed by atoms with van der Waals surface area (Å²) >= 11 is 0. The fraction of sp³-hybridized carbons (Fsp3) is 0.562. The van der Waals surface area contributed by atoms with Gasteiger partial charge in [0, 0.05) is 25.6 Å². The molecule has 0 saturated carbocycles. The Morgan fingerprint density at radius 3 is 3.05 bits per heavy atom. The number of hydrogen-bond donors (Lipinski definition) is 2. The van der Waals surface area contributed by atoms with E-state index >= 15 is 0 Å². The maximum absolute atomic E-state index is 4.58. The van der Waals surface area contributed by atoms with E-state index in [0.29, 0.717) is 6.04 Å². The van der Waals surface area contributed by atoms with Crippen LogP contribution in [0.3, 0.4) is 0 Å². The van der Waals surface area contributed by atoms with E-state index in [1.807, 2.05) is 0 Å². The van der Waals surface area contributed by atoms with Crippen molar-refractivity contribution >= 4 is 11.0 Å². The summed E-state index contributed by atoms with van der Waals surface area (Å²) in [6.07, 6.45) is 2.19. The van der Waals surface area contributed by atoms with Gasteiger partial charge in [-0.1, -0.05) is 13.0 Å². The van der Waals surface area contributed by atoms with Crippen molar-refractivity contribution in [2.24, 2.45) is 0 Å². The normalized spacial score (nSPS) is 19.1. The molecule has 0 bridgehead atoms. The van der Waals surface area contributed by atoms with E-state index in [4.69, 9.17) is 0 Å². The minimum Gasteiger partial charge on any atom is -0.342 e. The largest absolute Gasteiger partial charge is 0.342 e.